The second kappa shape index (κ2) is 44.6. The van der Waals surface area contributed by atoms with Crippen LogP contribution in [0.1, 0.15) is 232 Å². The molecule has 1 aliphatic rings. The summed E-state index contributed by atoms with van der Waals surface area (Å²) in [5, 5.41) is 40.2. The average molecular weight is 879 g/mol. The summed E-state index contributed by atoms with van der Waals surface area (Å²) in [5.41, 5.74) is 0. The van der Waals surface area contributed by atoms with Crippen LogP contribution in [0, 0.1) is 0 Å². The van der Waals surface area contributed by atoms with Gasteiger partial charge in [-0.3, -0.25) is 4.79 Å². The van der Waals surface area contributed by atoms with Gasteiger partial charge in [0.2, 0.25) is 0 Å². The molecule has 0 aromatic heterocycles. The van der Waals surface area contributed by atoms with Crippen LogP contribution in [-0.4, -0.2) is 89.6 Å². The minimum Gasteiger partial charge on any atom is -0.457 e. The zero-order valence-corrected chi connectivity index (χ0v) is 40.1. The highest BCUT2D eigenvalue weighted by Crippen LogP contribution is 2.23. The zero-order chi connectivity index (χ0) is 45.0. The fourth-order valence-electron chi connectivity index (χ4n) is 7.97. The molecule has 1 saturated heterocycles. The van der Waals surface area contributed by atoms with E-state index in [-0.39, 0.29) is 19.2 Å². The molecule has 9 nitrogen and oxygen atoms in total. The molecule has 1 fully saturated rings. The van der Waals surface area contributed by atoms with Crippen molar-refractivity contribution < 1.29 is 44.2 Å². The van der Waals surface area contributed by atoms with Crippen molar-refractivity contribution in [2.24, 2.45) is 0 Å². The predicted molar refractivity (Wildman–Crippen MR) is 256 cm³/mol. The molecular weight excluding hydrogens is 781 g/mol. The first-order chi connectivity index (χ1) is 30.4. The molecule has 1 rings (SSSR count). The largest absolute Gasteiger partial charge is 0.457 e. The summed E-state index contributed by atoms with van der Waals surface area (Å²) in [4.78, 5) is 12.8. The molecule has 0 aromatic carbocycles. The third-order valence-electron chi connectivity index (χ3n) is 12.1. The van der Waals surface area contributed by atoms with Gasteiger partial charge in [-0.05, 0) is 51.4 Å². The Morgan fingerprint density at radius 1 is 0.516 bits per heavy atom. The highest BCUT2D eigenvalue weighted by atomic mass is 16.7. The number of carbonyl (C=O) groups excluding carboxylic acids is 1. The van der Waals surface area contributed by atoms with Crippen LogP contribution in [0.5, 0.6) is 0 Å². The maximum absolute atomic E-state index is 12.8. The van der Waals surface area contributed by atoms with E-state index in [4.69, 9.17) is 18.9 Å². The van der Waals surface area contributed by atoms with E-state index >= 15 is 0 Å². The first-order valence-corrected chi connectivity index (χ1v) is 26.1. The molecule has 0 aromatic rings. The van der Waals surface area contributed by atoms with Crippen molar-refractivity contribution in [1.29, 1.82) is 0 Å². The van der Waals surface area contributed by atoms with Crippen LogP contribution in [0.2, 0.25) is 0 Å². The molecule has 0 saturated carbocycles. The molecule has 62 heavy (non-hydrogen) atoms. The average Bonchev–Trinajstić information content (AvgIpc) is 3.27. The van der Waals surface area contributed by atoms with Crippen molar-refractivity contribution in [3.05, 3.63) is 36.5 Å². The number of carbonyl (C=O) groups is 1. The van der Waals surface area contributed by atoms with Crippen molar-refractivity contribution in [3.8, 4) is 0 Å². The van der Waals surface area contributed by atoms with Crippen LogP contribution in [0.15, 0.2) is 36.5 Å². The lowest BCUT2D eigenvalue weighted by Crippen LogP contribution is -2.59. The van der Waals surface area contributed by atoms with Crippen molar-refractivity contribution in [1.82, 2.24) is 0 Å². The molecule has 0 aliphatic carbocycles. The fraction of sp³-hybridized carbons (Fsp3) is 0.868. The van der Waals surface area contributed by atoms with Crippen LogP contribution < -0.4 is 0 Å². The van der Waals surface area contributed by atoms with E-state index in [0.29, 0.717) is 13.0 Å². The summed E-state index contributed by atoms with van der Waals surface area (Å²) < 4.78 is 22.9. The zero-order valence-electron chi connectivity index (χ0n) is 40.1. The van der Waals surface area contributed by atoms with E-state index in [1.54, 1.807) is 0 Å². The van der Waals surface area contributed by atoms with Gasteiger partial charge in [-0.25, -0.2) is 0 Å². The monoisotopic (exact) mass is 879 g/mol. The highest BCUT2D eigenvalue weighted by molar-refractivity contribution is 5.69. The highest BCUT2D eigenvalue weighted by Gasteiger charge is 2.44. The maximum atomic E-state index is 12.8. The van der Waals surface area contributed by atoms with Crippen molar-refractivity contribution in [2.75, 3.05) is 26.4 Å². The molecule has 0 bridgehead atoms. The van der Waals surface area contributed by atoms with E-state index in [1.807, 2.05) is 0 Å². The van der Waals surface area contributed by atoms with Gasteiger partial charge in [-0.2, -0.15) is 0 Å². The summed E-state index contributed by atoms with van der Waals surface area (Å²) in [5.74, 6) is -0.313. The van der Waals surface area contributed by atoms with Crippen molar-refractivity contribution in [3.63, 3.8) is 0 Å². The van der Waals surface area contributed by atoms with E-state index in [1.165, 1.54) is 167 Å². The van der Waals surface area contributed by atoms with Crippen LogP contribution in [0.4, 0.5) is 0 Å². The summed E-state index contributed by atoms with van der Waals surface area (Å²) in [6.45, 7) is 4.57. The Morgan fingerprint density at radius 2 is 0.935 bits per heavy atom. The molecule has 1 heterocycles. The van der Waals surface area contributed by atoms with Gasteiger partial charge in [-0.1, -0.05) is 211 Å². The van der Waals surface area contributed by atoms with Crippen LogP contribution in [-0.2, 0) is 23.7 Å². The molecule has 1 aliphatic heterocycles. The number of aliphatic hydroxyl groups is 4. The number of rotatable bonds is 45. The smallest absolute Gasteiger partial charge is 0.306 e. The third-order valence-corrected chi connectivity index (χ3v) is 12.1. The third kappa shape index (κ3) is 34.8. The molecule has 0 radical (unpaired) electrons. The first-order valence-electron chi connectivity index (χ1n) is 26.1. The number of unbranched alkanes of at least 4 members (excludes halogenated alkanes) is 28. The second-order valence-electron chi connectivity index (χ2n) is 18.0. The molecule has 6 unspecified atom stereocenters. The predicted octanol–water partition coefficient (Wildman–Crippen LogP) is 12.7. The molecule has 364 valence electrons. The van der Waals surface area contributed by atoms with E-state index < -0.39 is 43.4 Å². The van der Waals surface area contributed by atoms with Crippen molar-refractivity contribution in [2.45, 2.75) is 269 Å². The second-order valence-corrected chi connectivity index (χ2v) is 18.0. The fourth-order valence-corrected chi connectivity index (χ4v) is 7.97. The molecule has 6 atom stereocenters. The van der Waals surface area contributed by atoms with E-state index in [2.05, 4.69) is 50.3 Å². The molecule has 9 heteroatoms. The normalized spacial score (nSPS) is 20.0. The lowest BCUT2D eigenvalue weighted by molar-refractivity contribution is -0.305. The van der Waals surface area contributed by atoms with Gasteiger partial charge >= 0.3 is 5.97 Å². The Balaban J connectivity index is 2.18. The minimum absolute atomic E-state index is 0.113. The molecular formula is C53H98O9. The van der Waals surface area contributed by atoms with Gasteiger partial charge in [0.25, 0.3) is 0 Å². The Kier molecular flexibility index (Phi) is 42.0. The van der Waals surface area contributed by atoms with Gasteiger partial charge in [-0.15, -0.1) is 0 Å². The summed E-state index contributed by atoms with van der Waals surface area (Å²) in [6.07, 6.45) is 47.5. The van der Waals surface area contributed by atoms with Crippen LogP contribution >= 0.6 is 0 Å². The van der Waals surface area contributed by atoms with E-state index in [9.17, 15) is 25.2 Å². The van der Waals surface area contributed by atoms with Gasteiger partial charge in [0, 0.05) is 13.0 Å². The first kappa shape index (κ1) is 58.4. The lowest BCUT2D eigenvalue weighted by atomic mass is 9.99. The SMILES string of the molecule is CCCCCCC/C=C\C/C=C\C/C=C\CCCCCCCCCCCOCC(COC1OC(CO)C(O)C(O)C1O)OC(=O)CCCCCCCCCCCCCCCCC. The van der Waals surface area contributed by atoms with Gasteiger partial charge in [0.05, 0.1) is 19.8 Å². The van der Waals surface area contributed by atoms with E-state index in [0.717, 1.165) is 44.9 Å². The Hall–Kier alpha value is -1.59. The van der Waals surface area contributed by atoms with Gasteiger partial charge in [0.15, 0.2) is 6.29 Å². The Labute approximate surface area is 380 Å². The lowest BCUT2D eigenvalue weighted by Gasteiger charge is -2.39. The number of esters is 1. The number of allylic oxidation sites excluding steroid dienone is 6. The van der Waals surface area contributed by atoms with Crippen LogP contribution in [0.3, 0.4) is 0 Å². The Bertz CT molecular complexity index is 1050. The summed E-state index contributed by atoms with van der Waals surface area (Å²) >= 11 is 0. The van der Waals surface area contributed by atoms with Crippen molar-refractivity contribution >= 4 is 5.97 Å². The number of hydrogen-bond donors (Lipinski definition) is 4. The van der Waals surface area contributed by atoms with Crippen LogP contribution in [0.25, 0.3) is 0 Å². The topological polar surface area (TPSA) is 135 Å². The number of hydrogen-bond acceptors (Lipinski definition) is 9. The molecule has 0 amide bonds. The Morgan fingerprint density at radius 3 is 1.40 bits per heavy atom. The van der Waals surface area contributed by atoms with Gasteiger partial charge < -0.3 is 39.4 Å². The minimum atomic E-state index is -1.54. The quantitative estimate of drug-likeness (QED) is 0.0268. The number of aliphatic hydroxyl groups excluding tert-OH is 4. The maximum Gasteiger partial charge on any atom is 0.306 e. The summed E-state index contributed by atoms with van der Waals surface area (Å²) in [6, 6.07) is 0. The van der Waals surface area contributed by atoms with Gasteiger partial charge in [0.1, 0.15) is 30.5 Å². The standard InChI is InChI=1S/C53H98O9/c1-3-5-7-9-11-13-15-17-19-20-21-22-23-24-25-26-27-29-31-33-35-37-39-41-43-59-45-47(46-60-53-52(58)51(57)50(56)48(44-54)62-53)61-49(55)42-40-38-36-34-32-30-28-18-16-14-12-10-8-6-4-2/h15,17,20-21,23-24,47-48,50-54,56-58H,3-14,16,18-19,22,25-46H2,1-2H3/b17-15-,21-20-,24-23-. The number of ether oxygens (including phenoxy) is 4. The molecule has 0 spiro atoms. The molecule has 4 N–H and O–H groups in total. The summed E-state index contributed by atoms with van der Waals surface area (Å²) in [7, 11) is 0.